The summed E-state index contributed by atoms with van der Waals surface area (Å²) in [7, 11) is 1.99. The van der Waals surface area contributed by atoms with E-state index in [0.29, 0.717) is 24.5 Å². The van der Waals surface area contributed by atoms with Crippen molar-refractivity contribution in [2.75, 3.05) is 17.7 Å². The Balaban J connectivity index is 1.77. The number of nitrogen functional groups attached to an aromatic ring is 1. The maximum absolute atomic E-state index is 5.85. The monoisotopic (exact) mass is 304 g/mol. The van der Waals surface area contributed by atoms with Crippen molar-refractivity contribution in [1.29, 1.82) is 0 Å². The molecule has 1 fully saturated rings. The maximum atomic E-state index is 5.85. The van der Waals surface area contributed by atoms with Crippen molar-refractivity contribution >= 4 is 23.1 Å². The van der Waals surface area contributed by atoms with Crippen LogP contribution in [0.5, 0.6) is 0 Å². The van der Waals surface area contributed by atoms with E-state index < -0.39 is 0 Å². The first-order valence-corrected chi connectivity index (χ1v) is 7.91. The molecule has 0 saturated heterocycles. The van der Waals surface area contributed by atoms with Crippen LogP contribution in [0.4, 0.5) is 11.8 Å². The highest BCUT2D eigenvalue weighted by molar-refractivity contribution is 7.09. The van der Waals surface area contributed by atoms with E-state index in [1.54, 1.807) is 11.3 Å². The third-order valence-electron chi connectivity index (χ3n) is 3.80. The Morgan fingerprint density at radius 2 is 2.10 bits per heavy atom. The SMILES string of the molecule is Cc1nc(CN(C)c2cc(C3CC(N)C3)nc(N)n2)cs1. The summed E-state index contributed by atoms with van der Waals surface area (Å²) >= 11 is 1.66. The Hall–Kier alpha value is -1.73. The first kappa shape index (κ1) is 14.2. The molecule has 1 aliphatic rings. The number of nitrogens with zero attached hydrogens (tertiary/aromatic N) is 4. The number of aryl methyl sites for hydroxylation is 1. The molecule has 0 bridgehead atoms. The molecule has 3 rings (SSSR count). The quantitative estimate of drug-likeness (QED) is 0.892. The minimum Gasteiger partial charge on any atom is -0.368 e. The van der Waals surface area contributed by atoms with Gasteiger partial charge in [-0.2, -0.15) is 4.98 Å². The zero-order valence-corrected chi connectivity index (χ0v) is 13.1. The number of hydrogen-bond donors (Lipinski definition) is 2. The van der Waals surface area contributed by atoms with Crippen LogP contribution in [0.3, 0.4) is 0 Å². The van der Waals surface area contributed by atoms with Gasteiger partial charge in [0, 0.05) is 30.5 Å². The summed E-state index contributed by atoms with van der Waals surface area (Å²) in [4.78, 5) is 15.2. The van der Waals surface area contributed by atoms with Crippen LogP contribution in [0.2, 0.25) is 0 Å². The van der Waals surface area contributed by atoms with Gasteiger partial charge >= 0.3 is 0 Å². The lowest BCUT2D eigenvalue weighted by Gasteiger charge is -2.32. The Morgan fingerprint density at radius 3 is 2.71 bits per heavy atom. The van der Waals surface area contributed by atoms with Crippen molar-refractivity contribution in [2.45, 2.75) is 38.3 Å². The third kappa shape index (κ3) is 3.14. The summed E-state index contributed by atoms with van der Waals surface area (Å²) in [5.41, 5.74) is 13.8. The second kappa shape index (κ2) is 5.57. The highest BCUT2D eigenvalue weighted by Gasteiger charge is 2.29. The summed E-state index contributed by atoms with van der Waals surface area (Å²) in [6, 6.07) is 2.32. The predicted octanol–water partition coefficient (Wildman–Crippen LogP) is 1.66. The van der Waals surface area contributed by atoms with Crippen LogP contribution in [0.15, 0.2) is 11.4 Å². The smallest absolute Gasteiger partial charge is 0.222 e. The molecule has 7 heteroatoms. The molecule has 112 valence electrons. The van der Waals surface area contributed by atoms with Crippen molar-refractivity contribution in [3.63, 3.8) is 0 Å². The lowest BCUT2D eigenvalue weighted by atomic mass is 9.78. The average molecular weight is 304 g/mol. The second-order valence-electron chi connectivity index (χ2n) is 5.65. The summed E-state index contributed by atoms with van der Waals surface area (Å²) in [5.74, 6) is 1.58. The molecule has 0 spiro atoms. The Morgan fingerprint density at radius 1 is 1.33 bits per heavy atom. The highest BCUT2D eigenvalue weighted by Crippen LogP contribution is 2.35. The van der Waals surface area contributed by atoms with Gasteiger partial charge in [-0.3, -0.25) is 0 Å². The standard InChI is InChI=1S/C14H20N6S/c1-8-17-11(7-21-8)6-20(2)13-5-12(18-14(16)19-13)9-3-10(15)4-9/h5,7,9-10H,3-4,6,15H2,1-2H3,(H2,16,18,19). The van der Waals surface area contributed by atoms with Crippen molar-refractivity contribution in [2.24, 2.45) is 5.73 Å². The molecule has 0 aliphatic heterocycles. The van der Waals surface area contributed by atoms with Crippen LogP contribution in [0.1, 0.15) is 35.2 Å². The van der Waals surface area contributed by atoms with Gasteiger partial charge in [-0.15, -0.1) is 11.3 Å². The fourth-order valence-electron chi connectivity index (χ4n) is 2.58. The van der Waals surface area contributed by atoms with E-state index >= 15 is 0 Å². The Kier molecular flexibility index (Phi) is 3.77. The molecule has 4 N–H and O–H groups in total. The molecule has 1 saturated carbocycles. The van der Waals surface area contributed by atoms with Gasteiger partial charge in [-0.25, -0.2) is 9.97 Å². The van der Waals surface area contributed by atoms with E-state index in [0.717, 1.165) is 35.1 Å². The predicted molar refractivity (Wildman–Crippen MR) is 85.4 cm³/mol. The minimum absolute atomic E-state index is 0.297. The van der Waals surface area contributed by atoms with E-state index in [1.807, 2.05) is 20.0 Å². The van der Waals surface area contributed by atoms with E-state index in [4.69, 9.17) is 11.5 Å². The number of hydrogen-bond acceptors (Lipinski definition) is 7. The average Bonchev–Trinajstić information content (AvgIpc) is 2.79. The topological polar surface area (TPSA) is 94.0 Å². The maximum Gasteiger partial charge on any atom is 0.222 e. The van der Waals surface area contributed by atoms with Crippen LogP contribution < -0.4 is 16.4 Å². The van der Waals surface area contributed by atoms with Gasteiger partial charge in [-0.05, 0) is 19.8 Å². The number of anilines is 2. The molecular weight excluding hydrogens is 284 g/mol. The van der Waals surface area contributed by atoms with Crippen molar-refractivity contribution < 1.29 is 0 Å². The van der Waals surface area contributed by atoms with Crippen LogP contribution in [0, 0.1) is 6.92 Å². The van der Waals surface area contributed by atoms with Gasteiger partial charge in [-0.1, -0.05) is 0 Å². The van der Waals surface area contributed by atoms with E-state index in [-0.39, 0.29) is 0 Å². The molecular formula is C14H20N6S. The van der Waals surface area contributed by atoms with Gasteiger partial charge in [0.05, 0.1) is 22.9 Å². The zero-order valence-electron chi connectivity index (χ0n) is 12.3. The molecule has 2 aromatic heterocycles. The fraction of sp³-hybridized carbons (Fsp3) is 0.500. The lowest BCUT2D eigenvalue weighted by molar-refractivity contribution is 0.345. The molecule has 2 aromatic rings. The molecule has 6 nitrogen and oxygen atoms in total. The van der Waals surface area contributed by atoms with Gasteiger partial charge in [0.2, 0.25) is 5.95 Å². The highest BCUT2D eigenvalue weighted by atomic mass is 32.1. The van der Waals surface area contributed by atoms with Crippen LogP contribution in [-0.2, 0) is 6.54 Å². The Bertz CT molecular complexity index is 634. The van der Waals surface area contributed by atoms with Gasteiger partial charge in [0.25, 0.3) is 0 Å². The van der Waals surface area contributed by atoms with Crippen LogP contribution in [0.25, 0.3) is 0 Å². The molecule has 0 unspecified atom stereocenters. The first-order valence-electron chi connectivity index (χ1n) is 7.03. The normalized spacial score (nSPS) is 21.1. The van der Waals surface area contributed by atoms with Gasteiger partial charge < -0.3 is 16.4 Å². The molecule has 0 amide bonds. The molecule has 2 heterocycles. The van der Waals surface area contributed by atoms with Crippen molar-refractivity contribution in [3.05, 3.63) is 27.8 Å². The third-order valence-corrected chi connectivity index (χ3v) is 4.62. The summed E-state index contributed by atoms with van der Waals surface area (Å²) in [6.07, 6.45) is 1.95. The molecule has 21 heavy (non-hydrogen) atoms. The molecule has 0 radical (unpaired) electrons. The van der Waals surface area contributed by atoms with E-state index in [2.05, 4.69) is 25.2 Å². The molecule has 0 aromatic carbocycles. The number of nitrogens with two attached hydrogens (primary N) is 2. The number of rotatable bonds is 4. The van der Waals surface area contributed by atoms with Crippen LogP contribution in [-0.4, -0.2) is 28.0 Å². The number of aromatic nitrogens is 3. The van der Waals surface area contributed by atoms with Gasteiger partial charge in [0.15, 0.2) is 0 Å². The Labute approximate surface area is 128 Å². The van der Waals surface area contributed by atoms with Gasteiger partial charge in [0.1, 0.15) is 5.82 Å². The minimum atomic E-state index is 0.297. The number of thiazole rings is 1. The van der Waals surface area contributed by atoms with Crippen LogP contribution >= 0.6 is 11.3 Å². The van der Waals surface area contributed by atoms with Crippen molar-refractivity contribution in [3.8, 4) is 0 Å². The zero-order chi connectivity index (χ0) is 15.0. The molecule has 1 aliphatic carbocycles. The largest absolute Gasteiger partial charge is 0.368 e. The summed E-state index contributed by atoms with van der Waals surface area (Å²) in [6.45, 7) is 2.72. The first-order chi connectivity index (χ1) is 10.0. The van der Waals surface area contributed by atoms with E-state index in [1.165, 1.54) is 0 Å². The fourth-order valence-corrected chi connectivity index (χ4v) is 3.19. The lowest BCUT2D eigenvalue weighted by Crippen LogP contribution is -2.35. The molecule has 0 atom stereocenters. The second-order valence-corrected chi connectivity index (χ2v) is 6.71. The summed E-state index contributed by atoms with van der Waals surface area (Å²) in [5, 5.41) is 3.15. The summed E-state index contributed by atoms with van der Waals surface area (Å²) < 4.78 is 0. The van der Waals surface area contributed by atoms with Crippen molar-refractivity contribution in [1.82, 2.24) is 15.0 Å². The van der Waals surface area contributed by atoms with E-state index in [9.17, 15) is 0 Å².